The molecule has 2 atom stereocenters. The van der Waals surface area contributed by atoms with Crippen molar-refractivity contribution >= 4 is 5.82 Å². The van der Waals surface area contributed by atoms with Gasteiger partial charge in [-0.2, -0.15) is 0 Å². The highest BCUT2D eigenvalue weighted by Crippen LogP contribution is 2.42. The number of nitrogens with zero attached hydrogens (tertiary/aromatic N) is 3. The third-order valence-corrected chi connectivity index (χ3v) is 5.40. The number of ether oxygens (including phenoxy) is 2. The molecule has 0 amide bonds. The van der Waals surface area contributed by atoms with Gasteiger partial charge in [0.05, 0.1) is 13.2 Å². The molecule has 1 N–H and O–H groups in total. The van der Waals surface area contributed by atoms with Crippen molar-refractivity contribution in [2.24, 2.45) is 0 Å². The Morgan fingerprint density at radius 1 is 1.15 bits per heavy atom. The highest BCUT2D eigenvalue weighted by atomic mass is 16.5. The third-order valence-electron chi connectivity index (χ3n) is 5.40. The van der Waals surface area contributed by atoms with Gasteiger partial charge in [-0.05, 0) is 43.9 Å². The van der Waals surface area contributed by atoms with E-state index < -0.39 is 0 Å². The fourth-order valence-corrected chi connectivity index (χ4v) is 4.12. The van der Waals surface area contributed by atoms with E-state index in [1.165, 1.54) is 18.4 Å². The number of hydrogen-bond donors (Lipinski definition) is 1. The Labute approximate surface area is 160 Å². The summed E-state index contributed by atoms with van der Waals surface area (Å²) < 4.78 is 10.7. The molecule has 6 nitrogen and oxygen atoms in total. The molecule has 1 aliphatic carbocycles. The number of aromatic nitrogens is 2. The highest BCUT2D eigenvalue weighted by molar-refractivity contribution is 5.40. The molecular weight excluding hydrogens is 340 g/mol. The maximum absolute atomic E-state index is 5.46. The molecular formula is C21H28N4O2. The molecule has 1 saturated heterocycles. The first kappa shape index (κ1) is 18.2. The van der Waals surface area contributed by atoms with E-state index in [1.807, 2.05) is 19.1 Å². The number of methoxy groups -OCH3 is 2. The summed E-state index contributed by atoms with van der Waals surface area (Å²) in [6.07, 6.45) is 3.70. The topological polar surface area (TPSA) is 59.5 Å². The second-order valence-electron chi connectivity index (χ2n) is 7.47. The highest BCUT2D eigenvalue weighted by Gasteiger charge is 2.43. The van der Waals surface area contributed by atoms with Crippen LogP contribution in [-0.4, -0.2) is 47.7 Å². The Morgan fingerprint density at radius 3 is 2.74 bits per heavy atom. The number of aryl methyl sites for hydroxylation is 1. The minimum absolute atomic E-state index is 0.308. The lowest BCUT2D eigenvalue weighted by Gasteiger charge is -2.29. The molecule has 2 aromatic rings. The molecule has 6 heteroatoms. The number of likely N-dealkylation sites (tertiary alicyclic amines) is 1. The molecule has 144 valence electrons. The molecule has 1 aromatic heterocycles. The van der Waals surface area contributed by atoms with E-state index in [0.29, 0.717) is 24.7 Å². The third kappa shape index (κ3) is 4.06. The average Bonchev–Trinajstić information content (AvgIpc) is 3.42. The van der Waals surface area contributed by atoms with Crippen LogP contribution in [-0.2, 0) is 11.3 Å². The van der Waals surface area contributed by atoms with Crippen LogP contribution in [0.1, 0.15) is 42.4 Å². The Bertz CT molecular complexity index is 794. The van der Waals surface area contributed by atoms with Crippen molar-refractivity contribution in [1.29, 1.82) is 0 Å². The molecule has 2 aliphatic rings. The summed E-state index contributed by atoms with van der Waals surface area (Å²) in [5.41, 5.74) is 2.26. The van der Waals surface area contributed by atoms with Crippen LogP contribution in [0.2, 0.25) is 0 Å². The SMILES string of the molecule is COCc1nc(C)cc(NC2CCN(C3CC3)C2c2cccc(OC)c2)n1. The van der Waals surface area contributed by atoms with E-state index in [2.05, 4.69) is 38.4 Å². The Balaban J connectivity index is 1.60. The summed E-state index contributed by atoms with van der Waals surface area (Å²) in [5, 5.41) is 3.69. The van der Waals surface area contributed by atoms with Crippen molar-refractivity contribution in [3.63, 3.8) is 0 Å². The first-order valence-electron chi connectivity index (χ1n) is 9.67. The van der Waals surface area contributed by atoms with Gasteiger partial charge >= 0.3 is 0 Å². The molecule has 1 aliphatic heterocycles. The Kier molecular flexibility index (Phi) is 5.27. The van der Waals surface area contributed by atoms with Crippen molar-refractivity contribution in [2.75, 3.05) is 26.1 Å². The number of hydrogen-bond acceptors (Lipinski definition) is 6. The second-order valence-corrected chi connectivity index (χ2v) is 7.47. The lowest BCUT2D eigenvalue weighted by Crippen LogP contribution is -2.33. The van der Waals surface area contributed by atoms with Crippen LogP contribution in [0.15, 0.2) is 30.3 Å². The van der Waals surface area contributed by atoms with Crippen LogP contribution in [0, 0.1) is 6.92 Å². The number of anilines is 1. The van der Waals surface area contributed by atoms with Crippen molar-refractivity contribution < 1.29 is 9.47 Å². The standard InChI is InChI=1S/C21H28N4O2/c1-14-11-19(24-20(22-14)13-26-2)23-18-9-10-25(16-7-8-16)21(18)15-5-4-6-17(12-15)27-3/h4-6,11-12,16,18,21H,7-10,13H2,1-3H3,(H,22,23,24). The van der Waals surface area contributed by atoms with Crippen LogP contribution in [0.4, 0.5) is 5.82 Å². The van der Waals surface area contributed by atoms with Gasteiger partial charge in [0.15, 0.2) is 5.82 Å². The van der Waals surface area contributed by atoms with Gasteiger partial charge in [0.2, 0.25) is 0 Å². The average molecular weight is 368 g/mol. The van der Waals surface area contributed by atoms with Crippen LogP contribution in [0.5, 0.6) is 5.75 Å². The van der Waals surface area contributed by atoms with Crippen molar-refractivity contribution in [1.82, 2.24) is 14.9 Å². The van der Waals surface area contributed by atoms with E-state index in [0.717, 1.165) is 36.1 Å². The van der Waals surface area contributed by atoms with E-state index >= 15 is 0 Å². The Morgan fingerprint density at radius 2 is 2.00 bits per heavy atom. The number of benzene rings is 1. The van der Waals surface area contributed by atoms with Crippen molar-refractivity contribution in [3.8, 4) is 5.75 Å². The molecule has 2 fully saturated rings. The molecule has 1 aromatic carbocycles. The van der Waals surface area contributed by atoms with Gasteiger partial charge in [0, 0.05) is 37.5 Å². The Hall–Kier alpha value is -2.18. The largest absolute Gasteiger partial charge is 0.497 e. The molecule has 0 spiro atoms. The molecule has 0 bridgehead atoms. The zero-order valence-electron chi connectivity index (χ0n) is 16.3. The van der Waals surface area contributed by atoms with Crippen LogP contribution in [0.3, 0.4) is 0 Å². The maximum atomic E-state index is 5.46. The molecule has 27 heavy (non-hydrogen) atoms. The molecule has 0 radical (unpaired) electrons. The smallest absolute Gasteiger partial charge is 0.156 e. The molecule has 2 unspecified atom stereocenters. The minimum Gasteiger partial charge on any atom is -0.497 e. The van der Waals surface area contributed by atoms with E-state index in [4.69, 9.17) is 9.47 Å². The number of rotatable bonds is 7. The molecule has 2 heterocycles. The normalized spacial score (nSPS) is 22.8. The van der Waals surface area contributed by atoms with Crippen molar-refractivity contribution in [2.45, 2.75) is 50.9 Å². The second kappa shape index (κ2) is 7.82. The monoisotopic (exact) mass is 368 g/mol. The zero-order chi connectivity index (χ0) is 18.8. The number of nitrogens with one attached hydrogen (secondary N) is 1. The minimum atomic E-state index is 0.308. The molecule has 4 rings (SSSR count). The van der Waals surface area contributed by atoms with E-state index in [9.17, 15) is 0 Å². The first-order valence-corrected chi connectivity index (χ1v) is 9.67. The first-order chi connectivity index (χ1) is 13.2. The van der Waals surface area contributed by atoms with Crippen LogP contribution >= 0.6 is 0 Å². The van der Waals surface area contributed by atoms with Gasteiger partial charge in [0.25, 0.3) is 0 Å². The van der Waals surface area contributed by atoms with Gasteiger partial charge in [-0.25, -0.2) is 9.97 Å². The fraction of sp³-hybridized carbons (Fsp3) is 0.524. The summed E-state index contributed by atoms with van der Waals surface area (Å²) in [4.78, 5) is 11.7. The van der Waals surface area contributed by atoms with Gasteiger partial charge in [0.1, 0.15) is 18.2 Å². The van der Waals surface area contributed by atoms with E-state index in [1.54, 1.807) is 14.2 Å². The van der Waals surface area contributed by atoms with Gasteiger partial charge in [-0.15, -0.1) is 0 Å². The summed E-state index contributed by atoms with van der Waals surface area (Å²) in [7, 11) is 3.39. The lowest BCUT2D eigenvalue weighted by molar-refractivity contribution is 0.177. The van der Waals surface area contributed by atoms with Crippen LogP contribution < -0.4 is 10.1 Å². The quantitative estimate of drug-likeness (QED) is 0.809. The lowest BCUT2D eigenvalue weighted by atomic mass is 9.99. The van der Waals surface area contributed by atoms with Crippen molar-refractivity contribution in [3.05, 3.63) is 47.4 Å². The predicted octanol–water partition coefficient (Wildman–Crippen LogP) is 3.33. The summed E-state index contributed by atoms with van der Waals surface area (Å²) in [6, 6.07) is 11.8. The van der Waals surface area contributed by atoms with Crippen LogP contribution in [0.25, 0.3) is 0 Å². The summed E-state index contributed by atoms with van der Waals surface area (Å²) in [6.45, 7) is 3.53. The zero-order valence-corrected chi connectivity index (χ0v) is 16.3. The maximum Gasteiger partial charge on any atom is 0.156 e. The molecule has 1 saturated carbocycles. The van der Waals surface area contributed by atoms with Gasteiger partial charge < -0.3 is 14.8 Å². The predicted molar refractivity (Wildman–Crippen MR) is 105 cm³/mol. The van der Waals surface area contributed by atoms with E-state index in [-0.39, 0.29) is 0 Å². The summed E-state index contributed by atoms with van der Waals surface area (Å²) in [5.74, 6) is 2.51. The van der Waals surface area contributed by atoms with Gasteiger partial charge in [-0.3, -0.25) is 4.90 Å². The van der Waals surface area contributed by atoms with Gasteiger partial charge in [-0.1, -0.05) is 12.1 Å². The fourth-order valence-electron chi connectivity index (χ4n) is 4.12. The summed E-state index contributed by atoms with van der Waals surface area (Å²) >= 11 is 0.